The van der Waals surface area contributed by atoms with Crippen LogP contribution in [0.15, 0.2) is 24.3 Å². The summed E-state index contributed by atoms with van der Waals surface area (Å²) in [5.41, 5.74) is 1.92. The molecule has 3 heteroatoms. The molecule has 1 aromatic carbocycles. The number of nitrogens with one attached hydrogen (secondary N) is 1. The van der Waals surface area contributed by atoms with Gasteiger partial charge in [-0.15, -0.1) is 0 Å². The summed E-state index contributed by atoms with van der Waals surface area (Å²) in [7, 11) is 0. The van der Waals surface area contributed by atoms with E-state index in [-0.39, 0.29) is 5.91 Å². The number of likely N-dealkylation sites (tertiary alicyclic amines) is 1. The first-order valence-corrected chi connectivity index (χ1v) is 8.44. The number of fused-ring (bicyclic) bond motifs is 1. The molecule has 1 heterocycles. The number of hydrogen-bond acceptors (Lipinski definition) is 2. The van der Waals surface area contributed by atoms with Gasteiger partial charge in [-0.3, -0.25) is 4.79 Å². The van der Waals surface area contributed by atoms with E-state index in [1.165, 1.54) is 38.5 Å². The minimum Gasteiger partial charge on any atom is -0.385 e. The van der Waals surface area contributed by atoms with Crippen molar-refractivity contribution in [1.29, 1.82) is 0 Å². The summed E-state index contributed by atoms with van der Waals surface area (Å²) in [6, 6.07) is 8.45. The Hall–Kier alpha value is -1.51. The molecule has 2 atom stereocenters. The summed E-state index contributed by atoms with van der Waals surface area (Å²) in [5, 5.41) is 3.27. The van der Waals surface area contributed by atoms with Crippen LogP contribution in [0.1, 0.15) is 55.8 Å². The first-order valence-electron chi connectivity index (χ1n) is 8.44. The van der Waals surface area contributed by atoms with Gasteiger partial charge in [-0.25, -0.2) is 0 Å². The molecule has 114 valence electrons. The first kappa shape index (κ1) is 14.4. The molecule has 2 fully saturated rings. The van der Waals surface area contributed by atoms with Crippen LogP contribution < -0.4 is 5.32 Å². The van der Waals surface area contributed by atoms with Gasteiger partial charge in [-0.1, -0.05) is 12.8 Å². The number of amides is 1. The second-order valence-corrected chi connectivity index (χ2v) is 6.36. The lowest BCUT2D eigenvalue weighted by Gasteiger charge is -2.44. The van der Waals surface area contributed by atoms with E-state index in [0.717, 1.165) is 30.3 Å². The van der Waals surface area contributed by atoms with Gasteiger partial charge in [0, 0.05) is 30.4 Å². The smallest absolute Gasteiger partial charge is 0.254 e. The van der Waals surface area contributed by atoms with Gasteiger partial charge < -0.3 is 10.2 Å². The monoisotopic (exact) mass is 286 g/mol. The molecule has 3 nitrogen and oxygen atoms in total. The lowest BCUT2D eigenvalue weighted by atomic mass is 9.78. The van der Waals surface area contributed by atoms with E-state index in [1.54, 1.807) is 0 Å². The maximum absolute atomic E-state index is 12.8. The van der Waals surface area contributed by atoms with Crippen molar-refractivity contribution in [1.82, 2.24) is 4.90 Å². The fourth-order valence-corrected chi connectivity index (χ4v) is 3.98. The highest BCUT2D eigenvalue weighted by Gasteiger charge is 2.35. The van der Waals surface area contributed by atoms with Gasteiger partial charge in [0.25, 0.3) is 5.91 Å². The van der Waals surface area contributed by atoms with Crippen molar-refractivity contribution in [2.45, 2.75) is 51.5 Å². The van der Waals surface area contributed by atoms with Gasteiger partial charge in [0.2, 0.25) is 0 Å². The summed E-state index contributed by atoms with van der Waals surface area (Å²) in [6.07, 6.45) is 7.63. The summed E-state index contributed by atoms with van der Waals surface area (Å²) in [6.45, 7) is 3.92. The largest absolute Gasteiger partial charge is 0.385 e. The van der Waals surface area contributed by atoms with Crippen LogP contribution in [0.5, 0.6) is 0 Å². The maximum Gasteiger partial charge on any atom is 0.254 e. The molecule has 1 aliphatic heterocycles. The highest BCUT2D eigenvalue weighted by molar-refractivity contribution is 5.94. The van der Waals surface area contributed by atoms with Gasteiger partial charge in [-0.05, 0) is 62.8 Å². The van der Waals surface area contributed by atoms with Gasteiger partial charge in [0.1, 0.15) is 0 Å². The molecule has 1 aliphatic carbocycles. The summed E-state index contributed by atoms with van der Waals surface area (Å²) in [4.78, 5) is 15.0. The normalized spacial score (nSPS) is 25.3. The third-order valence-corrected chi connectivity index (χ3v) is 5.02. The van der Waals surface area contributed by atoms with Gasteiger partial charge in [-0.2, -0.15) is 0 Å². The van der Waals surface area contributed by atoms with Crippen LogP contribution in [0.4, 0.5) is 5.69 Å². The molecule has 2 aliphatic rings. The highest BCUT2D eigenvalue weighted by atomic mass is 16.2. The molecule has 21 heavy (non-hydrogen) atoms. The fourth-order valence-electron chi connectivity index (χ4n) is 3.98. The number of nitrogens with zero attached hydrogens (tertiary/aromatic N) is 1. The standard InChI is InChI=1S/C18H26N2O/c1-2-19-16-11-9-15(10-12-16)18(21)20-13-5-7-14-6-3-4-8-17(14)20/h9-12,14,17,19H,2-8,13H2,1H3. The van der Waals surface area contributed by atoms with Crippen molar-refractivity contribution in [3.63, 3.8) is 0 Å². The van der Waals surface area contributed by atoms with Gasteiger partial charge in [0.15, 0.2) is 0 Å². The second kappa shape index (κ2) is 6.50. The van der Waals surface area contributed by atoms with Crippen LogP contribution >= 0.6 is 0 Å². The number of piperidine rings is 1. The summed E-state index contributed by atoms with van der Waals surface area (Å²) < 4.78 is 0. The highest BCUT2D eigenvalue weighted by Crippen LogP contribution is 2.35. The van der Waals surface area contributed by atoms with Crippen LogP contribution in [0.25, 0.3) is 0 Å². The molecule has 0 radical (unpaired) electrons. The topological polar surface area (TPSA) is 32.3 Å². The Morgan fingerprint density at radius 2 is 1.86 bits per heavy atom. The molecule has 1 saturated carbocycles. The van der Waals surface area contributed by atoms with Crippen molar-refractivity contribution < 1.29 is 4.79 Å². The van der Waals surface area contributed by atoms with Crippen molar-refractivity contribution >= 4 is 11.6 Å². The van der Waals surface area contributed by atoms with Crippen LogP contribution in [-0.2, 0) is 0 Å². The third-order valence-electron chi connectivity index (χ3n) is 5.02. The van der Waals surface area contributed by atoms with Gasteiger partial charge in [0.05, 0.1) is 0 Å². The number of benzene rings is 1. The Kier molecular flexibility index (Phi) is 4.47. The summed E-state index contributed by atoms with van der Waals surface area (Å²) in [5.74, 6) is 0.979. The average molecular weight is 286 g/mol. The van der Waals surface area contributed by atoms with Crippen molar-refractivity contribution in [2.75, 3.05) is 18.4 Å². The van der Waals surface area contributed by atoms with Crippen molar-refractivity contribution in [3.8, 4) is 0 Å². The lowest BCUT2D eigenvalue weighted by Crippen LogP contribution is -2.49. The zero-order valence-corrected chi connectivity index (χ0v) is 13.0. The number of carbonyl (C=O) groups is 1. The third kappa shape index (κ3) is 3.07. The van der Waals surface area contributed by atoms with Gasteiger partial charge >= 0.3 is 0 Å². The van der Waals surface area contributed by atoms with Crippen LogP contribution in [0, 0.1) is 5.92 Å². The lowest BCUT2D eigenvalue weighted by molar-refractivity contribution is 0.0391. The Bertz CT molecular complexity index is 480. The van der Waals surface area contributed by atoms with E-state index in [1.807, 2.05) is 24.3 Å². The number of rotatable bonds is 3. The maximum atomic E-state index is 12.8. The van der Waals surface area contributed by atoms with E-state index in [9.17, 15) is 4.79 Å². The van der Waals surface area contributed by atoms with Crippen LogP contribution in [0.2, 0.25) is 0 Å². The molecular formula is C18H26N2O. The van der Waals surface area contributed by atoms with Crippen LogP contribution in [-0.4, -0.2) is 29.9 Å². The molecule has 2 unspecified atom stereocenters. The molecule has 1 amide bonds. The zero-order chi connectivity index (χ0) is 14.7. The van der Waals surface area contributed by atoms with Crippen molar-refractivity contribution in [3.05, 3.63) is 29.8 Å². The molecular weight excluding hydrogens is 260 g/mol. The molecule has 1 N–H and O–H groups in total. The number of anilines is 1. The zero-order valence-electron chi connectivity index (χ0n) is 13.0. The van der Waals surface area contributed by atoms with E-state index < -0.39 is 0 Å². The Morgan fingerprint density at radius 1 is 1.14 bits per heavy atom. The first-order chi connectivity index (χ1) is 10.3. The van der Waals surface area contributed by atoms with E-state index in [0.29, 0.717) is 6.04 Å². The molecule has 0 bridgehead atoms. The van der Waals surface area contributed by atoms with Crippen molar-refractivity contribution in [2.24, 2.45) is 5.92 Å². The predicted octanol–water partition coefficient (Wildman–Crippen LogP) is 3.91. The SMILES string of the molecule is CCNc1ccc(C(=O)N2CCCC3CCCCC32)cc1. The molecule has 0 spiro atoms. The molecule has 1 saturated heterocycles. The predicted molar refractivity (Wildman–Crippen MR) is 86.6 cm³/mol. The Morgan fingerprint density at radius 3 is 2.62 bits per heavy atom. The Balaban J connectivity index is 1.73. The van der Waals surface area contributed by atoms with E-state index in [4.69, 9.17) is 0 Å². The molecule has 1 aromatic rings. The van der Waals surface area contributed by atoms with E-state index in [2.05, 4.69) is 17.1 Å². The summed E-state index contributed by atoms with van der Waals surface area (Å²) >= 11 is 0. The second-order valence-electron chi connectivity index (χ2n) is 6.36. The average Bonchev–Trinajstić information content (AvgIpc) is 2.55. The van der Waals surface area contributed by atoms with E-state index >= 15 is 0 Å². The fraction of sp³-hybridized carbons (Fsp3) is 0.611. The molecule has 0 aromatic heterocycles. The number of hydrogen-bond donors (Lipinski definition) is 1. The van der Waals surface area contributed by atoms with Crippen LogP contribution in [0.3, 0.4) is 0 Å². The quantitative estimate of drug-likeness (QED) is 0.913. The minimum atomic E-state index is 0.231. The minimum absolute atomic E-state index is 0.231. The molecule has 3 rings (SSSR count). The Labute approximate surface area is 127 Å². The number of carbonyl (C=O) groups excluding carboxylic acids is 1.